The smallest absolute Gasteiger partial charge is 0.325 e. The van der Waals surface area contributed by atoms with E-state index in [0.29, 0.717) is 23.4 Å². The van der Waals surface area contributed by atoms with Gasteiger partial charge in [0.25, 0.3) is 5.91 Å². The van der Waals surface area contributed by atoms with Crippen LogP contribution in [0.3, 0.4) is 0 Å². The largest absolute Gasteiger partial charge is 0.494 e. The number of hydrogen-bond donors (Lipinski definition) is 1. The van der Waals surface area contributed by atoms with Crippen LogP contribution < -0.4 is 10.1 Å². The highest BCUT2D eigenvalue weighted by Gasteiger charge is 2.15. The van der Waals surface area contributed by atoms with Crippen LogP contribution in [0.4, 0.5) is 0 Å². The lowest BCUT2D eigenvalue weighted by Gasteiger charge is -2.11. The van der Waals surface area contributed by atoms with Crippen LogP contribution in [-0.2, 0) is 9.53 Å². The second-order valence-electron chi connectivity index (χ2n) is 6.02. The molecule has 0 aliphatic heterocycles. The van der Waals surface area contributed by atoms with Crippen LogP contribution in [-0.4, -0.2) is 36.6 Å². The van der Waals surface area contributed by atoms with Gasteiger partial charge < -0.3 is 14.8 Å². The van der Waals surface area contributed by atoms with E-state index in [1.165, 1.54) is 0 Å². The number of carbonyl (C=O) groups excluding carboxylic acids is 2. The zero-order valence-electron chi connectivity index (χ0n) is 15.9. The van der Waals surface area contributed by atoms with Gasteiger partial charge in [-0.15, -0.1) is 0 Å². The first-order valence-electron chi connectivity index (χ1n) is 9.19. The molecule has 28 heavy (non-hydrogen) atoms. The van der Waals surface area contributed by atoms with Crippen LogP contribution in [0.5, 0.6) is 5.75 Å². The van der Waals surface area contributed by atoms with Gasteiger partial charge >= 0.3 is 5.97 Å². The first-order valence-corrected chi connectivity index (χ1v) is 9.19. The number of fused-ring (bicyclic) bond motifs is 1. The van der Waals surface area contributed by atoms with Gasteiger partial charge in [0.1, 0.15) is 12.3 Å². The van der Waals surface area contributed by atoms with E-state index in [2.05, 4.69) is 10.3 Å². The fourth-order valence-corrected chi connectivity index (χ4v) is 2.86. The van der Waals surface area contributed by atoms with Gasteiger partial charge in [-0.3, -0.25) is 9.59 Å². The minimum Gasteiger partial charge on any atom is -0.494 e. The van der Waals surface area contributed by atoms with Gasteiger partial charge in [0.05, 0.1) is 30.0 Å². The third-order valence-electron chi connectivity index (χ3n) is 4.12. The first-order chi connectivity index (χ1) is 13.6. The van der Waals surface area contributed by atoms with Crippen LogP contribution in [0.1, 0.15) is 24.2 Å². The molecule has 3 rings (SSSR count). The molecule has 0 atom stereocenters. The molecule has 144 valence electrons. The van der Waals surface area contributed by atoms with E-state index in [1.54, 1.807) is 13.0 Å². The fourth-order valence-electron chi connectivity index (χ4n) is 2.86. The lowest BCUT2D eigenvalue weighted by Crippen LogP contribution is -2.30. The van der Waals surface area contributed by atoms with Gasteiger partial charge in [-0.1, -0.05) is 18.2 Å². The molecule has 1 aromatic heterocycles. The molecule has 1 N–H and O–H groups in total. The van der Waals surface area contributed by atoms with Gasteiger partial charge in [-0.25, -0.2) is 4.98 Å². The molecular formula is C22H22N2O4. The Morgan fingerprint density at radius 1 is 1.00 bits per heavy atom. The monoisotopic (exact) mass is 378 g/mol. The van der Waals surface area contributed by atoms with Crippen molar-refractivity contribution in [2.75, 3.05) is 19.8 Å². The Hall–Kier alpha value is -3.41. The van der Waals surface area contributed by atoms with Crippen molar-refractivity contribution in [3.63, 3.8) is 0 Å². The lowest BCUT2D eigenvalue weighted by atomic mass is 10.0. The molecular weight excluding hydrogens is 356 g/mol. The average Bonchev–Trinajstić information content (AvgIpc) is 2.72. The van der Waals surface area contributed by atoms with Crippen molar-refractivity contribution in [1.82, 2.24) is 10.3 Å². The van der Waals surface area contributed by atoms with Crippen molar-refractivity contribution in [2.45, 2.75) is 13.8 Å². The Kier molecular flexibility index (Phi) is 6.22. The molecule has 1 amide bonds. The minimum atomic E-state index is -0.471. The summed E-state index contributed by atoms with van der Waals surface area (Å²) in [4.78, 5) is 29.0. The summed E-state index contributed by atoms with van der Waals surface area (Å²) in [6.07, 6.45) is 0. The second kappa shape index (κ2) is 8.99. The highest BCUT2D eigenvalue weighted by molar-refractivity contribution is 6.07. The van der Waals surface area contributed by atoms with Crippen LogP contribution in [0, 0.1) is 0 Å². The second-order valence-corrected chi connectivity index (χ2v) is 6.02. The maximum atomic E-state index is 12.7. The predicted molar refractivity (Wildman–Crippen MR) is 107 cm³/mol. The number of ether oxygens (including phenoxy) is 2. The maximum absolute atomic E-state index is 12.7. The topological polar surface area (TPSA) is 77.5 Å². The van der Waals surface area contributed by atoms with E-state index in [0.717, 1.165) is 16.7 Å². The minimum absolute atomic E-state index is 0.179. The van der Waals surface area contributed by atoms with Crippen molar-refractivity contribution in [1.29, 1.82) is 0 Å². The van der Waals surface area contributed by atoms with Crippen molar-refractivity contribution >= 4 is 22.8 Å². The first kappa shape index (κ1) is 19.4. The van der Waals surface area contributed by atoms with Crippen LogP contribution >= 0.6 is 0 Å². The number of rotatable bonds is 7. The molecule has 0 fully saturated rings. The van der Waals surface area contributed by atoms with Gasteiger partial charge in [0, 0.05) is 10.9 Å². The summed E-state index contributed by atoms with van der Waals surface area (Å²) in [6, 6.07) is 16.7. The zero-order chi connectivity index (χ0) is 19.9. The number of amides is 1. The van der Waals surface area contributed by atoms with Crippen LogP contribution in [0.2, 0.25) is 0 Å². The Balaban J connectivity index is 1.95. The summed E-state index contributed by atoms with van der Waals surface area (Å²) in [7, 11) is 0. The highest BCUT2D eigenvalue weighted by atomic mass is 16.5. The lowest BCUT2D eigenvalue weighted by molar-refractivity contribution is -0.141. The van der Waals surface area contributed by atoms with E-state index in [9.17, 15) is 9.59 Å². The van der Waals surface area contributed by atoms with Crippen LogP contribution in [0.15, 0.2) is 54.6 Å². The van der Waals surface area contributed by atoms with Crippen molar-refractivity contribution in [3.8, 4) is 17.0 Å². The van der Waals surface area contributed by atoms with Crippen LogP contribution in [0.25, 0.3) is 22.2 Å². The number of benzene rings is 2. The van der Waals surface area contributed by atoms with Gasteiger partial charge in [0.2, 0.25) is 0 Å². The molecule has 0 radical (unpaired) electrons. The normalized spacial score (nSPS) is 10.5. The SMILES string of the molecule is CCOC(=O)CNC(=O)c1cc(-c2ccc(OCC)cc2)nc2ccccc12. The van der Waals surface area contributed by atoms with E-state index >= 15 is 0 Å². The fraction of sp³-hybridized carbons (Fsp3) is 0.227. The molecule has 2 aromatic carbocycles. The highest BCUT2D eigenvalue weighted by Crippen LogP contribution is 2.26. The number of carbonyl (C=O) groups is 2. The molecule has 0 aliphatic rings. The van der Waals surface area contributed by atoms with Gasteiger partial charge in [-0.2, -0.15) is 0 Å². The molecule has 0 spiro atoms. The summed E-state index contributed by atoms with van der Waals surface area (Å²) >= 11 is 0. The van der Waals surface area contributed by atoms with Crippen molar-refractivity contribution < 1.29 is 19.1 Å². The molecule has 0 saturated carbocycles. The van der Waals surface area contributed by atoms with Gasteiger partial charge in [-0.05, 0) is 50.2 Å². The van der Waals surface area contributed by atoms with Crippen molar-refractivity contribution in [2.24, 2.45) is 0 Å². The summed E-state index contributed by atoms with van der Waals surface area (Å²) < 4.78 is 10.3. The summed E-state index contributed by atoms with van der Waals surface area (Å²) in [5, 5.41) is 3.34. The average molecular weight is 378 g/mol. The zero-order valence-corrected chi connectivity index (χ0v) is 15.9. The molecule has 0 saturated heterocycles. The van der Waals surface area contributed by atoms with E-state index in [1.807, 2.05) is 55.5 Å². The Labute approximate surface area is 163 Å². The summed E-state index contributed by atoms with van der Waals surface area (Å²) in [5.74, 6) is -0.0424. The Morgan fingerprint density at radius 2 is 1.75 bits per heavy atom. The number of nitrogens with one attached hydrogen (secondary N) is 1. The Morgan fingerprint density at radius 3 is 2.46 bits per heavy atom. The Bertz CT molecular complexity index is 983. The molecule has 0 aliphatic carbocycles. The van der Waals surface area contributed by atoms with E-state index in [4.69, 9.17) is 9.47 Å². The maximum Gasteiger partial charge on any atom is 0.325 e. The third kappa shape index (κ3) is 4.46. The van der Waals surface area contributed by atoms with Gasteiger partial charge in [0.15, 0.2) is 0 Å². The number of aromatic nitrogens is 1. The molecule has 0 unspecified atom stereocenters. The molecule has 3 aromatic rings. The molecule has 6 nitrogen and oxygen atoms in total. The van der Waals surface area contributed by atoms with E-state index < -0.39 is 5.97 Å². The van der Waals surface area contributed by atoms with E-state index in [-0.39, 0.29) is 19.1 Å². The third-order valence-corrected chi connectivity index (χ3v) is 4.12. The molecule has 0 bridgehead atoms. The quantitative estimate of drug-likeness (QED) is 0.636. The number of hydrogen-bond acceptors (Lipinski definition) is 5. The van der Waals surface area contributed by atoms with Crippen molar-refractivity contribution in [3.05, 3.63) is 60.2 Å². The predicted octanol–water partition coefficient (Wildman–Crippen LogP) is 3.59. The number of para-hydroxylation sites is 1. The molecule has 1 heterocycles. The summed E-state index contributed by atoms with van der Waals surface area (Å²) in [6.45, 7) is 4.34. The standard InChI is InChI=1S/C22H22N2O4/c1-3-27-16-11-9-15(10-12-16)20-13-18(17-7-5-6-8-19(17)24-20)22(26)23-14-21(25)28-4-2/h5-13H,3-4,14H2,1-2H3,(H,23,26). The number of nitrogens with zero attached hydrogens (tertiary/aromatic N) is 1. The number of pyridine rings is 1. The molecule has 6 heteroatoms. The number of esters is 1. The summed E-state index contributed by atoms with van der Waals surface area (Å²) in [5.41, 5.74) is 2.70.